The Bertz CT molecular complexity index is 915. The molecular formula is C21H20N2O3. The van der Waals surface area contributed by atoms with Crippen molar-refractivity contribution in [3.8, 4) is 0 Å². The van der Waals surface area contributed by atoms with Gasteiger partial charge < -0.3 is 14.2 Å². The summed E-state index contributed by atoms with van der Waals surface area (Å²) >= 11 is 0. The number of nitrogens with zero attached hydrogens (tertiary/aromatic N) is 2. The van der Waals surface area contributed by atoms with E-state index in [2.05, 4.69) is 0 Å². The number of amides is 2. The molecule has 1 saturated heterocycles. The molecule has 1 fully saturated rings. The third-order valence-electron chi connectivity index (χ3n) is 4.86. The number of furan rings is 1. The second-order valence-electron chi connectivity index (χ2n) is 6.57. The summed E-state index contributed by atoms with van der Waals surface area (Å²) in [6.45, 7) is 3.36. The molecule has 0 spiro atoms. The monoisotopic (exact) mass is 348 g/mol. The number of fused-ring (bicyclic) bond motifs is 1. The van der Waals surface area contributed by atoms with Crippen molar-refractivity contribution < 1.29 is 14.0 Å². The van der Waals surface area contributed by atoms with E-state index in [1.54, 1.807) is 17.9 Å². The van der Waals surface area contributed by atoms with E-state index in [4.69, 9.17) is 4.42 Å². The molecule has 0 bridgehead atoms. The topological polar surface area (TPSA) is 53.8 Å². The Labute approximate surface area is 151 Å². The quantitative estimate of drug-likeness (QED) is 0.730. The minimum Gasteiger partial charge on any atom is -0.451 e. The van der Waals surface area contributed by atoms with E-state index in [0.29, 0.717) is 25.2 Å². The number of para-hydroxylation sites is 1. The highest BCUT2D eigenvalue weighted by atomic mass is 16.3. The van der Waals surface area contributed by atoms with Crippen molar-refractivity contribution in [3.05, 3.63) is 72.0 Å². The zero-order valence-corrected chi connectivity index (χ0v) is 14.6. The first kappa shape index (κ1) is 16.4. The summed E-state index contributed by atoms with van der Waals surface area (Å²) in [5, 5.41) is 0.887. The second kappa shape index (κ2) is 6.67. The summed E-state index contributed by atoms with van der Waals surface area (Å²) in [7, 11) is 0. The first-order chi connectivity index (χ1) is 12.6. The van der Waals surface area contributed by atoms with Gasteiger partial charge in [-0.2, -0.15) is 0 Å². The van der Waals surface area contributed by atoms with Crippen LogP contribution in [-0.2, 0) is 11.3 Å². The van der Waals surface area contributed by atoms with Gasteiger partial charge >= 0.3 is 0 Å². The largest absolute Gasteiger partial charge is 0.451 e. The zero-order chi connectivity index (χ0) is 18.1. The maximum absolute atomic E-state index is 12.9. The number of piperazine rings is 1. The fourth-order valence-electron chi connectivity index (χ4n) is 3.40. The van der Waals surface area contributed by atoms with Gasteiger partial charge in [0, 0.05) is 25.0 Å². The molecule has 0 aliphatic carbocycles. The van der Waals surface area contributed by atoms with Gasteiger partial charge in [0.2, 0.25) is 5.91 Å². The molecule has 0 saturated carbocycles. The predicted molar refractivity (Wildman–Crippen MR) is 98.6 cm³/mol. The van der Waals surface area contributed by atoms with Crippen molar-refractivity contribution in [3.63, 3.8) is 0 Å². The molecule has 2 aromatic carbocycles. The molecule has 1 aliphatic heterocycles. The summed E-state index contributed by atoms with van der Waals surface area (Å²) in [5.41, 5.74) is 1.77. The van der Waals surface area contributed by atoms with Gasteiger partial charge in [0.05, 0.1) is 0 Å². The summed E-state index contributed by atoms with van der Waals surface area (Å²) in [6.07, 6.45) is 0. The van der Waals surface area contributed by atoms with Crippen molar-refractivity contribution >= 4 is 22.8 Å². The van der Waals surface area contributed by atoms with Gasteiger partial charge in [-0.15, -0.1) is 0 Å². The van der Waals surface area contributed by atoms with Crippen LogP contribution in [0.25, 0.3) is 11.0 Å². The normalized spacial score (nSPS) is 17.7. The maximum Gasteiger partial charge on any atom is 0.290 e. The molecule has 1 aromatic heterocycles. The molecule has 3 aromatic rings. The van der Waals surface area contributed by atoms with Crippen molar-refractivity contribution in [1.29, 1.82) is 0 Å². The fraction of sp³-hybridized carbons (Fsp3) is 0.238. The molecule has 132 valence electrons. The summed E-state index contributed by atoms with van der Waals surface area (Å²) < 4.78 is 5.67. The van der Waals surface area contributed by atoms with Crippen LogP contribution in [-0.4, -0.2) is 40.7 Å². The highest BCUT2D eigenvalue weighted by Crippen LogP contribution is 2.22. The van der Waals surface area contributed by atoms with Crippen LogP contribution >= 0.6 is 0 Å². The van der Waals surface area contributed by atoms with Crippen molar-refractivity contribution in [2.24, 2.45) is 0 Å². The number of carbonyl (C=O) groups is 2. The lowest BCUT2D eigenvalue weighted by Crippen LogP contribution is -2.57. The minimum absolute atomic E-state index is 0.0374. The molecule has 1 aliphatic rings. The molecule has 0 N–H and O–H groups in total. The van der Waals surface area contributed by atoms with Crippen LogP contribution in [0.5, 0.6) is 0 Å². The van der Waals surface area contributed by atoms with E-state index in [1.807, 2.05) is 59.5 Å². The Morgan fingerprint density at radius 3 is 2.58 bits per heavy atom. The first-order valence-electron chi connectivity index (χ1n) is 8.76. The average Bonchev–Trinajstić information content (AvgIpc) is 3.10. The molecule has 4 rings (SSSR count). The average molecular weight is 348 g/mol. The highest BCUT2D eigenvalue weighted by molar-refractivity contribution is 5.99. The zero-order valence-electron chi connectivity index (χ0n) is 14.6. The molecule has 0 unspecified atom stereocenters. The van der Waals surface area contributed by atoms with Gasteiger partial charge in [-0.05, 0) is 24.6 Å². The van der Waals surface area contributed by atoms with Gasteiger partial charge in [-0.25, -0.2) is 0 Å². The van der Waals surface area contributed by atoms with E-state index in [9.17, 15) is 9.59 Å². The summed E-state index contributed by atoms with van der Waals surface area (Å²) in [4.78, 5) is 29.0. The maximum atomic E-state index is 12.9. The Morgan fingerprint density at radius 1 is 1.08 bits per heavy atom. The summed E-state index contributed by atoms with van der Waals surface area (Å²) in [5.74, 6) is 0.00772. The smallest absolute Gasteiger partial charge is 0.290 e. The predicted octanol–water partition coefficient (Wildman–Crippen LogP) is 3.31. The van der Waals surface area contributed by atoms with E-state index in [1.165, 1.54) is 0 Å². The molecule has 5 nitrogen and oxygen atoms in total. The SMILES string of the molecule is C[C@H]1C(=O)N(Cc2ccccc2)CCN1C(=O)c1cc2ccccc2o1. The van der Waals surface area contributed by atoms with Crippen LogP contribution < -0.4 is 0 Å². The molecule has 0 radical (unpaired) electrons. The third-order valence-corrected chi connectivity index (χ3v) is 4.86. The molecular weight excluding hydrogens is 328 g/mol. The van der Waals surface area contributed by atoms with Crippen LogP contribution in [0.3, 0.4) is 0 Å². The fourth-order valence-corrected chi connectivity index (χ4v) is 3.40. The Hall–Kier alpha value is -3.08. The molecule has 1 atom stereocenters. The third kappa shape index (κ3) is 2.96. The lowest BCUT2D eigenvalue weighted by atomic mass is 10.1. The lowest BCUT2D eigenvalue weighted by molar-refractivity contribution is -0.140. The van der Waals surface area contributed by atoms with Crippen molar-refractivity contribution in [2.45, 2.75) is 19.5 Å². The van der Waals surface area contributed by atoms with Gasteiger partial charge in [0.25, 0.3) is 5.91 Å². The lowest BCUT2D eigenvalue weighted by Gasteiger charge is -2.38. The van der Waals surface area contributed by atoms with E-state index in [0.717, 1.165) is 10.9 Å². The Kier molecular flexibility index (Phi) is 4.21. The number of benzene rings is 2. The summed E-state index contributed by atoms with van der Waals surface area (Å²) in [6, 6.07) is 18.6. The van der Waals surface area contributed by atoms with Gasteiger partial charge in [-0.1, -0.05) is 48.5 Å². The standard InChI is InChI=1S/C21H20N2O3/c1-15-20(24)22(14-16-7-3-2-4-8-16)11-12-23(15)21(25)19-13-17-9-5-6-10-18(17)26-19/h2-10,13,15H,11-12,14H2,1H3/t15-/m0/s1. The van der Waals surface area contributed by atoms with Crippen LogP contribution in [0.2, 0.25) is 0 Å². The molecule has 5 heteroatoms. The first-order valence-corrected chi connectivity index (χ1v) is 8.76. The number of carbonyl (C=O) groups excluding carboxylic acids is 2. The van der Waals surface area contributed by atoms with Crippen molar-refractivity contribution in [1.82, 2.24) is 9.80 Å². The number of rotatable bonds is 3. The van der Waals surface area contributed by atoms with Crippen LogP contribution in [0, 0.1) is 0 Å². The molecule has 26 heavy (non-hydrogen) atoms. The van der Waals surface area contributed by atoms with Gasteiger partial charge in [0.15, 0.2) is 5.76 Å². The van der Waals surface area contributed by atoms with Gasteiger partial charge in [0.1, 0.15) is 11.6 Å². The number of hydrogen-bond donors (Lipinski definition) is 0. The van der Waals surface area contributed by atoms with E-state index >= 15 is 0 Å². The van der Waals surface area contributed by atoms with Crippen LogP contribution in [0.1, 0.15) is 23.0 Å². The van der Waals surface area contributed by atoms with Crippen LogP contribution in [0.15, 0.2) is 65.1 Å². The van der Waals surface area contributed by atoms with E-state index in [-0.39, 0.29) is 17.6 Å². The van der Waals surface area contributed by atoms with Crippen LogP contribution in [0.4, 0.5) is 0 Å². The molecule has 2 heterocycles. The minimum atomic E-state index is -0.506. The van der Waals surface area contributed by atoms with E-state index < -0.39 is 6.04 Å². The van der Waals surface area contributed by atoms with Gasteiger partial charge in [-0.3, -0.25) is 9.59 Å². The highest BCUT2D eigenvalue weighted by Gasteiger charge is 2.35. The Balaban J connectivity index is 1.50. The number of hydrogen-bond acceptors (Lipinski definition) is 3. The van der Waals surface area contributed by atoms with Crippen molar-refractivity contribution in [2.75, 3.05) is 13.1 Å². The molecule has 2 amide bonds. The Morgan fingerprint density at radius 2 is 1.81 bits per heavy atom. The second-order valence-corrected chi connectivity index (χ2v) is 6.57.